The molecule has 0 aromatic rings. The Morgan fingerprint density at radius 3 is 1.54 bits per heavy atom. The summed E-state index contributed by atoms with van der Waals surface area (Å²) in [5.74, 6) is 0. The van der Waals surface area contributed by atoms with Gasteiger partial charge in [-0.25, -0.2) is 0 Å². The lowest BCUT2D eigenvalue weighted by molar-refractivity contribution is 0.103. The number of ether oxygens (including phenoxy) is 3. The van der Waals surface area contributed by atoms with Crippen molar-refractivity contribution in [2.24, 2.45) is 0 Å². The highest BCUT2D eigenvalue weighted by molar-refractivity contribution is 4.68. The summed E-state index contributed by atoms with van der Waals surface area (Å²) in [6.45, 7) is 9.56. The third kappa shape index (κ3) is 24.6. The summed E-state index contributed by atoms with van der Waals surface area (Å²) in [5, 5.41) is 0. The molecule has 0 unspecified atom stereocenters. The Bertz CT molecular complexity index is 90.3. The van der Waals surface area contributed by atoms with Gasteiger partial charge in [0.1, 0.15) is 0 Å². The highest BCUT2D eigenvalue weighted by Crippen LogP contribution is 1.72. The molecule has 0 aromatic heterocycles. The Hall–Kier alpha value is -0.640. The summed E-state index contributed by atoms with van der Waals surface area (Å²) in [7, 11) is 3.30. The van der Waals surface area contributed by atoms with E-state index in [0.717, 1.165) is 0 Å². The Labute approximate surface area is 81.0 Å². The first-order valence-corrected chi connectivity index (χ1v) is 4.10. The van der Waals surface area contributed by atoms with E-state index in [4.69, 9.17) is 4.74 Å². The highest BCUT2D eigenvalue weighted by atomic mass is 16.5. The second kappa shape index (κ2) is 17.4. The normalized spacial score (nSPS) is 8.46. The summed E-state index contributed by atoms with van der Waals surface area (Å²) >= 11 is 0. The molecule has 13 heavy (non-hydrogen) atoms. The van der Waals surface area contributed by atoms with Crippen molar-refractivity contribution in [3.8, 4) is 0 Å². The van der Waals surface area contributed by atoms with Gasteiger partial charge in [0, 0.05) is 14.2 Å². The van der Waals surface area contributed by atoms with E-state index in [1.165, 1.54) is 0 Å². The van der Waals surface area contributed by atoms with E-state index in [-0.39, 0.29) is 0 Å². The lowest BCUT2D eigenvalue weighted by atomic mass is 10.6. The van der Waals surface area contributed by atoms with Crippen LogP contribution in [0.5, 0.6) is 0 Å². The fraction of sp³-hybridized carbons (Fsp3) is 0.600. The Morgan fingerprint density at radius 1 is 0.923 bits per heavy atom. The van der Waals surface area contributed by atoms with E-state index in [2.05, 4.69) is 22.6 Å². The molecular formula is C10H20O3. The maximum absolute atomic E-state index is 4.90. The van der Waals surface area contributed by atoms with Crippen LogP contribution < -0.4 is 0 Å². The Morgan fingerprint density at radius 2 is 1.31 bits per heavy atom. The Balaban J connectivity index is 0. The third-order valence-electron chi connectivity index (χ3n) is 0.963. The summed E-state index contributed by atoms with van der Waals surface area (Å²) < 4.78 is 14.2. The third-order valence-corrected chi connectivity index (χ3v) is 0.963. The predicted molar refractivity (Wildman–Crippen MR) is 55.0 cm³/mol. The number of hydrogen-bond donors (Lipinski definition) is 0. The number of rotatable bonds is 7. The standard InChI is InChI=1S/C6H10O.C4H10O2/c1-3-5-7-6-4-2;1-5-3-4-6-2/h3-4H,1-2,5-6H2;3-4H2,1-2H3. The van der Waals surface area contributed by atoms with Crippen molar-refractivity contribution in [3.63, 3.8) is 0 Å². The molecule has 0 fully saturated rings. The van der Waals surface area contributed by atoms with E-state index < -0.39 is 0 Å². The van der Waals surface area contributed by atoms with Crippen LogP contribution in [0.3, 0.4) is 0 Å². The largest absolute Gasteiger partial charge is 0.382 e. The molecule has 0 spiro atoms. The first kappa shape index (κ1) is 14.9. The highest BCUT2D eigenvalue weighted by Gasteiger charge is 1.73. The molecular weight excluding hydrogens is 168 g/mol. The van der Waals surface area contributed by atoms with Crippen LogP contribution in [0.1, 0.15) is 0 Å². The van der Waals surface area contributed by atoms with Crippen molar-refractivity contribution in [2.45, 2.75) is 0 Å². The molecule has 0 aliphatic rings. The van der Waals surface area contributed by atoms with Gasteiger partial charge in [-0.05, 0) is 0 Å². The fourth-order valence-electron chi connectivity index (χ4n) is 0.401. The van der Waals surface area contributed by atoms with Crippen LogP contribution in [0.25, 0.3) is 0 Å². The van der Waals surface area contributed by atoms with Crippen molar-refractivity contribution in [1.82, 2.24) is 0 Å². The maximum atomic E-state index is 4.90. The molecule has 0 aliphatic carbocycles. The van der Waals surface area contributed by atoms with Gasteiger partial charge < -0.3 is 14.2 Å². The van der Waals surface area contributed by atoms with E-state index >= 15 is 0 Å². The maximum Gasteiger partial charge on any atom is 0.0696 e. The smallest absolute Gasteiger partial charge is 0.0696 e. The average molecular weight is 188 g/mol. The zero-order chi connectivity index (χ0) is 10.4. The molecule has 0 bridgehead atoms. The number of methoxy groups -OCH3 is 2. The minimum absolute atomic E-state index is 0.617. The molecule has 0 saturated carbocycles. The molecule has 0 amide bonds. The van der Waals surface area contributed by atoms with Gasteiger partial charge in [-0.1, -0.05) is 12.2 Å². The lowest BCUT2D eigenvalue weighted by Gasteiger charge is -1.91. The fourth-order valence-corrected chi connectivity index (χ4v) is 0.401. The second-order valence-electron chi connectivity index (χ2n) is 2.10. The molecule has 0 rings (SSSR count). The summed E-state index contributed by atoms with van der Waals surface area (Å²) in [5.41, 5.74) is 0. The van der Waals surface area contributed by atoms with Gasteiger partial charge in [-0.15, -0.1) is 13.2 Å². The van der Waals surface area contributed by atoms with Crippen LogP contribution in [-0.4, -0.2) is 40.6 Å². The van der Waals surface area contributed by atoms with Gasteiger partial charge in [0.25, 0.3) is 0 Å². The summed E-state index contributed by atoms with van der Waals surface area (Å²) in [4.78, 5) is 0. The van der Waals surface area contributed by atoms with Crippen molar-refractivity contribution >= 4 is 0 Å². The van der Waals surface area contributed by atoms with Crippen LogP contribution in [-0.2, 0) is 14.2 Å². The van der Waals surface area contributed by atoms with Gasteiger partial charge in [0.05, 0.1) is 26.4 Å². The molecule has 0 saturated heterocycles. The van der Waals surface area contributed by atoms with Crippen LogP contribution in [0, 0.1) is 0 Å². The van der Waals surface area contributed by atoms with E-state index in [1.807, 2.05) is 0 Å². The van der Waals surface area contributed by atoms with Crippen molar-refractivity contribution < 1.29 is 14.2 Å². The average Bonchev–Trinajstić information content (AvgIpc) is 2.17. The quantitative estimate of drug-likeness (QED) is 0.449. The van der Waals surface area contributed by atoms with E-state index in [9.17, 15) is 0 Å². The molecule has 78 valence electrons. The van der Waals surface area contributed by atoms with E-state index in [0.29, 0.717) is 26.4 Å². The monoisotopic (exact) mass is 188 g/mol. The molecule has 0 N–H and O–H groups in total. The Kier molecular flexibility index (Phi) is 19.9. The molecule has 0 radical (unpaired) electrons. The summed E-state index contributed by atoms with van der Waals surface area (Å²) in [6.07, 6.45) is 3.42. The number of hydrogen-bond acceptors (Lipinski definition) is 3. The minimum Gasteiger partial charge on any atom is -0.382 e. The van der Waals surface area contributed by atoms with Gasteiger partial charge in [0.2, 0.25) is 0 Å². The molecule has 0 heterocycles. The predicted octanol–water partition coefficient (Wildman–Crippen LogP) is 1.65. The van der Waals surface area contributed by atoms with Gasteiger partial charge in [-0.3, -0.25) is 0 Å². The van der Waals surface area contributed by atoms with Gasteiger partial charge in [0.15, 0.2) is 0 Å². The molecule has 0 aromatic carbocycles. The van der Waals surface area contributed by atoms with E-state index in [1.54, 1.807) is 26.4 Å². The minimum atomic E-state index is 0.617. The van der Waals surface area contributed by atoms with Crippen LogP contribution in [0.2, 0.25) is 0 Å². The van der Waals surface area contributed by atoms with Gasteiger partial charge >= 0.3 is 0 Å². The van der Waals surface area contributed by atoms with Crippen molar-refractivity contribution in [1.29, 1.82) is 0 Å². The topological polar surface area (TPSA) is 27.7 Å². The SMILES string of the molecule is C=CCOCC=C.COCCOC. The van der Waals surface area contributed by atoms with Crippen LogP contribution in [0.15, 0.2) is 25.3 Å². The first-order valence-electron chi connectivity index (χ1n) is 4.10. The molecule has 3 heteroatoms. The van der Waals surface area contributed by atoms with Gasteiger partial charge in [-0.2, -0.15) is 0 Å². The zero-order valence-electron chi connectivity index (χ0n) is 8.62. The van der Waals surface area contributed by atoms with Crippen molar-refractivity contribution in [3.05, 3.63) is 25.3 Å². The second-order valence-corrected chi connectivity index (χ2v) is 2.10. The lowest BCUT2D eigenvalue weighted by Crippen LogP contribution is -1.96. The summed E-state index contributed by atoms with van der Waals surface area (Å²) in [6, 6.07) is 0. The molecule has 0 aliphatic heterocycles. The molecule has 0 atom stereocenters. The zero-order valence-corrected chi connectivity index (χ0v) is 8.62. The van der Waals surface area contributed by atoms with Crippen LogP contribution >= 0.6 is 0 Å². The van der Waals surface area contributed by atoms with Crippen molar-refractivity contribution in [2.75, 3.05) is 40.6 Å². The molecule has 3 nitrogen and oxygen atoms in total. The first-order chi connectivity index (χ1) is 6.33. The van der Waals surface area contributed by atoms with Crippen LogP contribution in [0.4, 0.5) is 0 Å².